The second-order valence-corrected chi connectivity index (χ2v) is 3.75. The van der Waals surface area contributed by atoms with Crippen molar-refractivity contribution in [3.05, 3.63) is 48.1 Å². The molecule has 2 aromatic rings. The number of nitrogens with two attached hydrogens (primary N) is 1. The summed E-state index contributed by atoms with van der Waals surface area (Å²) in [7, 11) is 0. The highest BCUT2D eigenvalue weighted by Gasteiger charge is 2.38. The number of fused-ring (bicyclic) bond motifs is 1. The van der Waals surface area contributed by atoms with Crippen LogP contribution in [0.5, 0.6) is 0 Å². The first-order valence-electron chi connectivity index (χ1n) is 5.48. The molecule has 20 heavy (non-hydrogen) atoms. The van der Waals surface area contributed by atoms with Crippen molar-refractivity contribution in [2.45, 2.75) is 0 Å². The summed E-state index contributed by atoms with van der Waals surface area (Å²) >= 11 is 0. The van der Waals surface area contributed by atoms with Crippen molar-refractivity contribution in [1.29, 1.82) is 0 Å². The number of rotatable bonds is 2. The van der Waals surface area contributed by atoms with Crippen molar-refractivity contribution >= 4 is 17.6 Å². The normalized spacial score (nSPS) is 14.6. The van der Waals surface area contributed by atoms with Gasteiger partial charge in [0.1, 0.15) is 5.69 Å². The molecule has 9 nitrogen and oxygen atoms in total. The molecule has 1 aliphatic rings. The molecule has 98 valence electrons. The van der Waals surface area contributed by atoms with Gasteiger partial charge in [0.05, 0.1) is 6.20 Å². The number of carbonyl (C=O) groups excluding carboxylic acids is 2. The molecule has 0 spiro atoms. The molecule has 0 radical (unpaired) electrons. The highest BCUT2D eigenvalue weighted by atomic mass is 16.2. The first-order valence-corrected chi connectivity index (χ1v) is 5.48. The molecule has 2 amide bonds. The van der Waals surface area contributed by atoms with Crippen LogP contribution in [0.1, 0.15) is 26.7 Å². The Morgan fingerprint density at radius 2 is 1.60 bits per heavy atom. The Morgan fingerprint density at radius 3 is 2.15 bits per heavy atom. The SMILES string of the molecule is N/C(=N\N1C(=O)c2nccnc2C1=O)c1cnccn1. The maximum atomic E-state index is 12.0. The lowest BCUT2D eigenvalue weighted by Gasteiger charge is -2.07. The Kier molecular flexibility index (Phi) is 2.64. The molecule has 0 aliphatic carbocycles. The maximum Gasteiger partial charge on any atom is 0.302 e. The number of carbonyl (C=O) groups is 2. The van der Waals surface area contributed by atoms with E-state index in [1.165, 1.54) is 31.0 Å². The van der Waals surface area contributed by atoms with Crippen molar-refractivity contribution in [2.75, 3.05) is 0 Å². The number of hydrazone groups is 1. The molecule has 0 fully saturated rings. The Morgan fingerprint density at radius 1 is 1.00 bits per heavy atom. The third-order valence-electron chi connectivity index (χ3n) is 2.52. The number of hydrogen-bond donors (Lipinski definition) is 1. The molecular weight excluding hydrogens is 262 g/mol. The Labute approximate surface area is 112 Å². The van der Waals surface area contributed by atoms with E-state index < -0.39 is 11.8 Å². The maximum absolute atomic E-state index is 12.0. The zero-order valence-electron chi connectivity index (χ0n) is 9.96. The third kappa shape index (κ3) is 1.77. The molecule has 2 N–H and O–H groups in total. The molecule has 0 saturated carbocycles. The molecule has 2 aromatic heterocycles. The number of amidine groups is 1. The summed E-state index contributed by atoms with van der Waals surface area (Å²) in [4.78, 5) is 39.3. The lowest BCUT2D eigenvalue weighted by Crippen LogP contribution is -2.29. The number of amides is 2. The smallest absolute Gasteiger partial charge is 0.302 e. The van der Waals surface area contributed by atoms with Crippen LogP contribution in [-0.4, -0.2) is 42.6 Å². The number of hydrogen-bond acceptors (Lipinski definition) is 7. The first kappa shape index (κ1) is 11.8. The molecule has 3 heterocycles. The second-order valence-electron chi connectivity index (χ2n) is 3.75. The van der Waals surface area contributed by atoms with E-state index in [2.05, 4.69) is 25.0 Å². The Balaban J connectivity index is 1.98. The van der Waals surface area contributed by atoms with E-state index in [0.717, 1.165) is 0 Å². The highest BCUT2D eigenvalue weighted by molar-refractivity contribution is 6.19. The van der Waals surface area contributed by atoms with E-state index in [1.54, 1.807) is 0 Å². The predicted octanol–water partition coefficient (Wildman–Crippen LogP) is -0.817. The van der Waals surface area contributed by atoms with Crippen molar-refractivity contribution in [2.24, 2.45) is 10.8 Å². The Hall–Kier alpha value is -3.23. The summed E-state index contributed by atoms with van der Waals surface area (Å²) < 4.78 is 0. The summed E-state index contributed by atoms with van der Waals surface area (Å²) in [6.45, 7) is 0. The highest BCUT2D eigenvalue weighted by Crippen LogP contribution is 2.18. The van der Waals surface area contributed by atoms with Crippen LogP contribution in [0.2, 0.25) is 0 Å². The van der Waals surface area contributed by atoms with Gasteiger partial charge in [-0.1, -0.05) is 0 Å². The van der Waals surface area contributed by atoms with Gasteiger partial charge >= 0.3 is 11.8 Å². The zero-order chi connectivity index (χ0) is 14.1. The lowest BCUT2D eigenvalue weighted by atomic mass is 10.3. The van der Waals surface area contributed by atoms with Gasteiger partial charge in [-0.05, 0) is 0 Å². The topological polar surface area (TPSA) is 127 Å². The van der Waals surface area contributed by atoms with Gasteiger partial charge in [-0.25, -0.2) is 15.0 Å². The van der Waals surface area contributed by atoms with E-state index in [0.29, 0.717) is 5.01 Å². The largest absolute Gasteiger partial charge is 0.380 e. The average molecular weight is 269 g/mol. The van der Waals surface area contributed by atoms with Crippen LogP contribution in [-0.2, 0) is 0 Å². The van der Waals surface area contributed by atoms with Crippen LogP contribution in [0.25, 0.3) is 0 Å². The van der Waals surface area contributed by atoms with Gasteiger partial charge in [0.2, 0.25) is 0 Å². The quantitative estimate of drug-likeness (QED) is 0.428. The van der Waals surface area contributed by atoms with Crippen LogP contribution < -0.4 is 5.73 Å². The fourth-order valence-corrected chi connectivity index (χ4v) is 1.63. The summed E-state index contributed by atoms with van der Waals surface area (Å²) in [5.74, 6) is -1.46. The van der Waals surface area contributed by atoms with E-state index in [4.69, 9.17) is 5.73 Å². The van der Waals surface area contributed by atoms with Crippen LogP contribution in [0, 0.1) is 0 Å². The lowest BCUT2D eigenvalue weighted by molar-refractivity contribution is 0.0655. The van der Waals surface area contributed by atoms with Crippen molar-refractivity contribution in [3.8, 4) is 0 Å². The molecular formula is C11H7N7O2. The van der Waals surface area contributed by atoms with Crippen molar-refractivity contribution in [3.63, 3.8) is 0 Å². The fourth-order valence-electron chi connectivity index (χ4n) is 1.63. The first-order chi connectivity index (χ1) is 9.68. The number of nitrogens with zero attached hydrogens (tertiary/aromatic N) is 6. The van der Waals surface area contributed by atoms with Gasteiger partial charge < -0.3 is 5.73 Å². The minimum absolute atomic E-state index is 0.0480. The van der Waals surface area contributed by atoms with Gasteiger partial charge in [-0.15, -0.1) is 5.10 Å². The summed E-state index contributed by atoms with van der Waals surface area (Å²) in [5, 5.41) is 4.39. The Bertz CT molecular complexity index is 694. The predicted molar refractivity (Wildman–Crippen MR) is 65.3 cm³/mol. The number of imide groups is 1. The van der Waals surface area contributed by atoms with Gasteiger partial charge in [0, 0.05) is 24.8 Å². The minimum atomic E-state index is -0.676. The molecule has 9 heteroatoms. The van der Waals surface area contributed by atoms with Gasteiger partial charge in [0.25, 0.3) is 0 Å². The van der Waals surface area contributed by atoms with Crippen molar-refractivity contribution in [1.82, 2.24) is 24.9 Å². The molecule has 0 bridgehead atoms. The van der Waals surface area contributed by atoms with E-state index in [9.17, 15) is 9.59 Å². The molecule has 0 unspecified atom stereocenters. The monoisotopic (exact) mass is 269 g/mol. The third-order valence-corrected chi connectivity index (χ3v) is 2.52. The second kappa shape index (κ2) is 4.46. The molecule has 0 saturated heterocycles. The van der Waals surface area contributed by atoms with E-state index in [-0.39, 0.29) is 22.9 Å². The fraction of sp³-hybridized carbons (Fsp3) is 0. The van der Waals surface area contributed by atoms with Gasteiger partial charge in [-0.3, -0.25) is 14.6 Å². The van der Waals surface area contributed by atoms with Crippen molar-refractivity contribution < 1.29 is 9.59 Å². The van der Waals surface area contributed by atoms with Gasteiger partial charge in [0.15, 0.2) is 17.2 Å². The van der Waals surface area contributed by atoms with Crippen LogP contribution in [0.4, 0.5) is 0 Å². The summed E-state index contributed by atoms with van der Waals surface area (Å²) in [5.41, 5.74) is 5.85. The van der Waals surface area contributed by atoms with Crippen LogP contribution >= 0.6 is 0 Å². The van der Waals surface area contributed by atoms with Crippen LogP contribution in [0.3, 0.4) is 0 Å². The minimum Gasteiger partial charge on any atom is -0.380 e. The van der Waals surface area contributed by atoms with Gasteiger partial charge in [-0.2, -0.15) is 5.01 Å². The molecule has 0 atom stereocenters. The number of aromatic nitrogens is 4. The molecule has 1 aliphatic heterocycles. The summed E-state index contributed by atoms with van der Waals surface area (Å²) in [6.07, 6.45) is 6.90. The molecule has 0 aromatic carbocycles. The van der Waals surface area contributed by atoms with E-state index >= 15 is 0 Å². The van der Waals surface area contributed by atoms with E-state index in [1.807, 2.05) is 0 Å². The van der Waals surface area contributed by atoms with Crippen LogP contribution in [0.15, 0.2) is 36.1 Å². The zero-order valence-corrected chi connectivity index (χ0v) is 9.96. The standard InChI is InChI=1S/C11H7N7O2/c12-9(6-5-13-1-2-14-6)17-18-10(19)7-8(11(18)20)16-4-3-15-7/h1-5H,(H2,12,17). The summed E-state index contributed by atoms with van der Waals surface area (Å²) in [6, 6.07) is 0. The molecule has 3 rings (SSSR count). The average Bonchev–Trinajstić information content (AvgIpc) is 2.74.